The van der Waals surface area contributed by atoms with Gasteiger partial charge < -0.3 is 0 Å². The Morgan fingerprint density at radius 1 is 0.808 bits per heavy atom. The SMILES string of the molecule is Cc1ccc(C(=O)c2ccccc2C(=O)NOCc2ccccc2)cc1. The van der Waals surface area contributed by atoms with E-state index in [1.165, 1.54) is 0 Å². The van der Waals surface area contributed by atoms with Gasteiger partial charge in [0.1, 0.15) is 0 Å². The van der Waals surface area contributed by atoms with Crippen molar-refractivity contribution in [2.75, 3.05) is 0 Å². The van der Waals surface area contributed by atoms with Crippen molar-refractivity contribution in [1.29, 1.82) is 0 Å². The molecule has 0 aromatic heterocycles. The predicted molar refractivity (Wildman–Crippen MR) is 99.8 cm³/mol. The molecule has 0 atom stereocenters. The van der Waals surface area contributed by atoms with E-state index in [4.69, 9.17) is 4.84 Å². The molecule has 0 heterocycles. The third-order valence-corrected chi connectivity index (χ3v) is 3.98. The summed E-state index contributed by atoms with van der Waals surface area (Å²) in [6, 6.07) is 23.5. The van der Waals surface area contributed by atoms with Crippen molar-refractivity contribution in [3.63, 3.8) is 0 Å². The van der Waals surface area contributed by atoms with Gasteiger partial charge in [0.15, 0.2) is 5.78 Å². The van der Waals surface area contributed by atoms with E-state index in [-0.39, 0.29) is 18.0 Å². The molecular formula is C22H19NO3. The maximum absolute atomic E-state index is 12.8. The van der Waals surface area contributed by atoms with Crippen LogP contribution in [0.25, 0.3) is 0 Å². The van der Waals surface area contributed by atoms with Crippen LogP contribution in [0.2, 0.25) is 0 Å². The van der Waals surface area contributed by atoms with Crippen molar-refractivity contribution in [2.24, 2.45) is 0 Å². The van der Waals surface area contributed by atoms with E-state index in [0.717, 1.165) is 11.1 Å². The van der Waals surface area contributed by atoms with E-state index < -0.39 is 5.91 Å². The minimum Gasteiger partial charge on any atom is -0.289 e. The second kappa shape index (κ2) is 8.23. The van der Waals surface area contributed by atoms with E-state index in [1.807, 2.05) is 49.4 Å². The van der Waals surface area contributed by atoms with Crippen LogP contribution in [0, 0.1) is 6.92 Å². The van der Waals surface area contributed by atoms with Crippen molar-refractivity contribution >= 4 is 11.7 Å². The van der Waals surface area contributed by atoms with E-state index in [2.05, 4.69) is 5.48 Å². The molecular weight excluding hydrogens is 326 g/mol. The Kier molecular flexibility index (Phi) is 5.56. The average molecular weight is 345 g/mol. The second-order valence-corrected chi connectivity index (χ2v) is 5.95. The first kappa shape index (κ1) is 17.6. The molecule has 1 amide bonds. The highest BCUT2D eigenvalue weighted by molar-refractivity contribution is 6.15. The third kappa shape index (κ3) is 4.23. The van der Waals surface area contributed by atoms with Crippen molar-refractivity contribution in [2.45, 2.75) is 13.5 Å². The fourth-order valence-corrected chi connectivity index (χ4v) is 2.55. The maximum Gasteiger partial charge on any atom is 0.275 e. The van der Waals surface area contributed by atoms with Crippen molar-refractivity contribution < 1.29 is 14.4 Å². The van der Waals surface area contributed by atoms with Gasteiger partial charge in [-0.25, -0.2) is 5.48 Å². The molecule has 0 saturated heterocycles. The van der Waals surface area contributed by atoms with Crippen LogP contribution in [0.4, 0.5) is 0 Å². The molecule has 0 spiro atoms. The molecule has 1 N–H and O–H groups in total. The molecule has 3 aromatic rings. The molecule has 0 saturated carbocycles. The number of hydrogen-bond acceptors (Lipinski definition) is 3. The van der Waals surface area contributed by atoms with Gasteiger partial charge in [-0.2, -0.15) is 0 Å². The largest absolute Gasteiger partial charge is 0.289 e. The number of aryl methyl sites for hydroxylation is 1. The van der Waals surface area contributed by atoms with Gasteiger partial charge in [0, 0.05) is 11.1 Å². The van der Waals surface area contributed by atoms with E-state index in [9.17, 15) is 9.59 Å². The Labute approximate surface area is 152 Å². The van der Waals surface area contributed by atoms with Gasteiger partial charge in [-0.15, -0.1) is 0 Å². The quantitative estimate of drug-likeness (QED) is 0.541. The highest BCUT2D eigenvalue weighted by Gasteiger charge is 2.18. The Morgan fingerprint density at radius 3 is 2.12 bits per heavy atom. The molecule has 0 radical (unpaired) electrons. The van der Waals surface area contributed by atoms with Gasteiger partial charge in [-0.1, -0.05) is 78.4 Å². The molecule has 26 heavy (non-hydrogen) atoms. The third-order valence-electron chi connectivity index (χ3n) is 3.98. The van der Waals surface area contributed by atoms with Gasteiger partial charge in [-0.3, -0.25) is 14.4 Å². The molecule has 0 aliphatic heterocycles. The van der Waals surface area contributed by atoms with Crippen molar-refractivity contribution in [3.8, 4) is 0 Å². The zero-order chi connectivity index (χ0) is 18.4. The molecule has 0 fully saturated rings. The van der Waals surface area contributed by atoms with Gasteiger partial charge in [0.05, 0.1) is 12.2 Å². The molecule has 0 unspecified atom stereocenters. The lowest BCUT2D eigenvalue weighted by Crippen LogP contribution is -2.25. The van der Waals surface area contributed by atoms with Gasteiger partial charge in [-0.05, 0) is 18.6 Å². The highest BCUT2D eigenvalue weighted by Crippen LogP contribution is 2.15. The van der Waals surface area contributed by atoms with Crippen LogP contribution in [0.3, 0.4) is 0 Å². The number of rotatable bonds is 6. The smallest absolute Gasteiger partial charge is 0.275 e. The van der Waals surface area contributed by atoms with E-state index >= 15 is 0 Å². The van der Waals surface area contributed by atoms with Gasteiger partial charge >= 0.3 is 0 Å². The van der Waals surface area contributed by atoms with Crippen LogP contribution in [-0.2, 0) is 11.4 Å². The summed E-state index contributed by atoms with van der Waals surface area (Å²) in [6.07, 6.45) is 0. The fourth-order valence-electron chi connectivity index (χ4n) is 2.55. The lowest BCUT2D eigenvalue weighted by molar-refractivity contribution is 0.0232. The topological polar surface area (TPSA) is 55.4 Å². The number of hydrogen-bond donors (Lipinski definition) is 1. The summed E-state index contributed by atoms with van der Waals surface area (Å²) in [5.41, 5.74) is 5.60. The Balaban J connectivity index is 1.72. The summed E-state index contributed by atoms with van der Waals surface area (Å²) in [6.45, 7) is 2.21. The summed E-state index contributed by atoms with van der Waals surface area (Å²) in [5.74, 6) is -0.643. The second-order valence-electron chi connectivity index (χ2n) is 5.95. The fraction of sp³-hybridized carbons (Fsp3) is 0.0909. The number of nitrogens with one attached hydrogen (secondary N) is 1. The van der Waals surface area contributed by atoms with Gasteiger partial charge in [0.2, 0.25) is 0 Å². The average Bonchev–Trinajstić information content (AvgIpc) is 2.69. The minimum atomic E-state index is -0.447. The Hall–Kier alpha value is -3.24. The summed E-state index contributed by atoms with van der Waals surface area (Å²) in [7, 11) is 0. The van der Waals surface area contributed by atoms with Crippen LogP contribution in [0.1, 0.15) is 37.4 Å². The molecule has 130 valence electrons. The van der Waals surface area contributed by atoms with Crippen LogP contribution in [0.15, 0.2) is 78.9 Å². The van der Waals surface area contributed by atoms with E-state index in [1.54, 1.807) is 36.4 Å². The maximum atomic E-state index is 12.8. The summed E-state index contributed by atoms with van der Waals surface area (Å²) in [5, 5.41) is 0. The first-order chi connectivity index (χ1) is 12.6. The normalized spacial score (nSPS) is 10.3. The monoisotopic (exact) mass is 345 g/mol. The molecule has 0 bridgehead atoms. The zero-order valence-corrected chi connectivity index (χ0v) is 14.4. The Bertz CT molecular complexity index is 902. The van der Waals surface area contributed by atoms with Crippen molar-refractivity contribution in [3.05, 3.63) is 107 Å². The highest BCUT2D eigenvalue weighted by atomic mass is 16.6. The minimum absolute atomic E-state index is 0.196. The number of hydroxylamine groups is 1. The predicted octanol–water partition coefficient (Wildman–Crippen LogP) is 4.09. The van der Waals surface area contributed by atoms with Crippen LogP contribution in [-0.4, -0.2) is 11.7 Å². The van der Waals surface area contributed by atoms with Crippen molar-refractivity contribution in [1.82, 2.24) is 5.48 Å². The number of amides is 1. The Morgan fingerprint density at radius 2 is 1.42 bits per heavy atom. The first-order valence-electron chi connectivity index (χ1n) is 8.31. The summed E-state index contributed by atoms with van der Waals surface area (Å²) < 4.78 is 0. The molecule has 0 aliphatic rings. The molecule has 4 heteroatoms. The standard InChI is InChI=1S/C22H19NO3/c1-16-11-13-18(14-12-16)21(24)19-9-5-6-10-20(19)22(25)23-26-15-17-7-3-2-4-8-17/h2-14H,15H2,1H3,(H,23,25). The summed E-state index contributed by atoms with van der Waals surface area (Å²) >= 11 is 0. The molecule has 4 nitrogen and oxygen atoms in total. The number of carbonyl (C=O) groups is 2. The number of benzene rings is 3. The zero-order valence-electron chi connectivity index (χ0n) is 14.4. The molecule has 3 rings (SSSR count). The number of ketones is 1. The van der Waals surface area contributed by atoms with E-state index in [0.29, 0.717) is 11.1 Å². The summed E-state index contributed by atoms with van der Waals surface area (Å²) in [4.78, 5) is 30.5. The molecule has 3 aromatic carbocycles. The van der Waals surface area contributed by atoms with Crippen LogP contribution >= 0.6 is 0 Å². The molecule has 0 aliphatic carbocycles. The van der Waals surface area contributed by atoms with Crippen LogP contribution in [0.5, 0.6) is 0 Å². The lowest BCUT2D eigenvalue weighted by Gasteiger charge is -2.10. The van der Waals surface area contributed by atoms with Crippen LogP contribution < -0.4 is 5.48 Å². The lowest BCUT2D eigenvalue weighted by atomic mass is 9.97. The van der Waals surface area contributed by atoms with Gasteiger partial charge in [0.25, 0.3) is 5.91 Å². The first-order valence-corrected chi connectivity index (χ1v) is 8.31. The number of carbonyl (C=O) groups excluding carboxylic acids is 2.